The van der Waals surface area contributed by atoms with Crippen molar-refractivity contribution in [3.8, 4) is 0 Å². The number of nitrogens with zero attached hydrogens (tertiary/aromatic N) is 1. The quantitative estimate of drug-likeness (QED) is 0.660. The molecule has 0 heterocycles. The normalized spacial score (nSPS) is 10.4. The second-order valence-electron chi connectivity index (χ2n) is 4.03. The van der Waals surface area contributed by atoms with Crippen molar-refractivity contribution in [2.45, 2.75) is 13.8 Å². The van der Waals surface area contributed by atoms with Gasteiger partial charge >= 0.3 is 0 Å². The molecule has 1 N–H and O–H groups in total. The number of hydrogen-bond acceptors (Lipinski definition) is 4. The van der Waals surface area contributed by atoms with E-state index in [9.17, 15) is 14.9 Å². The fourth-order valence-electron chi connectivity index (χ4n) is 1.21. The Balaban J connectivity index is 2.88. The highest BCUT2D eigenvalue weighted by Gasteiger charge is 2.23. The number of nitrogens with one attached hydrogen (secondary N) is 1. The van der Waals surface area contributed by atoms with Crippen LogP contribution < -0.4 is 5.48 Å². The molecule has 0 unspecified atom stereocenters. The van der Waals surface area contributed by atoms with E-state index in [0.717, 1.165) is 0 Å². The molecule has 0 fully saturated rings. The van der Waals surface area contributed by atoms with Gasteiger partial charge in [-0.2, -0.15) is 0 Å². The Kier molecular flexibility index (Phi) is 5.06. The largest absolute Gasteiger partial charge is 0.283 e. The number of rotatable bonds is 5. The van der Waals surface area contributed by atoms with Gasteiger partial charge in [-0.15, -0.1) is 0 Å². The molecule has 0 aliphatic carbocycles. The topological polar surface area (TPSA) is 81.5 Å². The van der Waals surface area contributed by atoms with Gasteiger partial charge in [0.2, 0.25) is 0 Å². The average molecular weight is 273 g/mol. The Morgan fingerprint density at radius 2 is 2.22 bits per heavy atom. The zero-order valence-electron chi connectivity index (χ0n) is 9.97. The standard InChI is InChI=1S/C11H13ClN2O4/c1-7(2)6-18-13-11(15)10-8(12)4-3-5-9(10)14(16)17/h3-5,7H,6H2,1-2H3,(H,13,15). The molecule has 0 radical (unpaired) electrons. The van der Waals surface area contributed by atoms with Crippen molar-refractivity contribution in [2.24, 2.45) is 5.92 Å². The van der Waals surface area contributed by atoms with Crippen molar-refractivity contribution in [1.29, 1.82) is 0 Å². The molecule has 1 aromatic rings. The lowest BCUT2D eigenvalue weighted by Crippen LogP contribution is -2.26. The fourth-order valence-corrected chi connectivity index (χ4v) is 1.47. The van der Waals surface area contributed by atoms with E-state index >= 15 is 0 Å². The van der Waals surface area contributed by atoms with Crippen molar-refractivity contribution in [2.75, 3.05) is 6.61 Å². The first-order valence-corrected chi connectivity index (χ1v) is 5.66. The Morgan fingerprint density at radius 3 is 2.78 bits per heavy atom. The molecule has 0 saturated heterocycles. The summed E-state index contributed by atoms with van der Waals surface area (Å²) in [6.45, 7) is 4.12. The summed E-state index contributed by atoms with van der Waals surface area (Å²) in [5.74, 6) is -0.500. The van der Waals surface area contributed by atoms with Crippen LogP contribution >= 0.6 is 11.6 Å². The summed E-state index contributed by atoms with van der Waals surface area (Å²) in [7, 11) is 0. The number of benzene rings is 1. The van der Waals surface area contributed by atoms with Crippen LogP contribution in [0.3, 0.4) is 0 Å². The lowest BCUT2D eigenvalue weighted by atomic mass is 10.1. The van der Waals surface area contributed by atoms with Gasteiger partial charge in [-0.3, -0.25) is 19.7 Å². The van der Waals surface area contributed by atoms with E-state index in [-0.39, 0.29) is 22.2 Å². The summed E-state index contributed by atoms with van der Waals surface area (Å²) in [5.41, 5.74) is 1.58. The van der Waals surface area contributed by atoms with Crippen molar-refractivity contribution >= 4 is 23.2 Å². The molecule has 0 bridgehead atoms. The highest BCUT2D eigenvalue weighted by atomic mass is 35.5. The molecule has 1 aromatic carbocycles. The molecule has 0 aliphatic heterocycles. The van der Waals surface area contributed by atoms with Crippen LogP contribution in [0.1, 0.15) is 24.2 Å². The molecule has 0 atom stereocenters. The first-order valence-electron chi connectivity index (χ1n) is 5.28. The van der Waals surface area contributed by atoms with E-state index in [2.05, 4.69) is 5.48 Å². The van der Waals surface area contributed by atoms with Gasteiger partial charge in [-0.1, -0.05) is 31.5 Å². The highest BCUT2D eigenvalue weighted by Crippen LogP contribution is 2.25. The van der Waals surface area contributed by atoms with Crippen LogP contribution in [0.15, 0.2) is 18.2 Å². The average Bonchev–Trinajstić information content (AvgIpc) is 2.27. The van der Waals surface area contributed by atoms with E-state index < -0.39 is 10.8 Å². The second kappa shape index (κ2) is 6.32. The summed E-state index contributed by atoms with van der Waals surface area (Å²) in [5, 5.41) is 10.8. The van der Waals surface area contributed by atoms with E-state index in [1.807, 2.05) is 13.8 Å². The molecule has 0 spiro atoms. The maximum atomic E-state index is 11.7. The fraction of sp³-hybridized carbons (Fsp3) is 0.364. The molecule has 7 heteroatoms. The summed E-state index contributed by atoms with van der Waals surface area (Å²) in [4.78, 5) is 26.8. The molecule has 0 aliphatic rings. The zero-order valence-corrected chi connectivity index (χ0v) is 10.7. The molecule has 0 aromatic heterocycles. The Hall–Kier alpha value is -1.66. The van der Waals surface area contributed by atoms with Crippen LogP contribution in [0.2, 0.25) is 5.02 Å². The molecule has 1 rings (SSSR count). The SMILES string of the molecule is CC(C)CONC(=O)c1c(Cl)cccc1[N+](=O)[O-]. The number of hydrogen-bond donors (Lipinski definition) is 1. The van der Waals surface area contributed by atoms with E-state index in [1.165, 1.54) is 18.2 Å². The van der Waals surface area contributed by atoms with Gasteiger partial charge in [0.15, 0.2) is 0 Å². The van der Waals surface area contributed by atoms with Gasteiger partial charge in [-0.25, -0.2) is 5.48 Å². The molecule has 6 nitrogen and oxygen atoms in total. The van der Waals surface area contributed by atoms with Crippen LogP contribution in [0.5, 0.6) is 0 Å². The first kappa shape index (κ1) is 14.4. The highest BCUT2D eigenvalue weighted by molar-refractivity contribution is 6.34. The van der Waals surface area contributed by atoms with Crippen molar-refractivity contribution in [1.82, 2.24) is 5.48 Å². The van der Waals surface area contributed by atoms with Gasteiger partial charge in [0, 0.05) is 6.07 Å². The lowest BCUT2D eigenvalue weighted by molar-refractivity contribution is -0.385. The van der Waals surface area contributed by atoms with Gasteiger partial charge in [0.05, 0.1) is 16.6 Å². The predicted molar refractivity (Wildman–Crippen MR) is 66.4 cm³/mol. The molecule has 0 saturated carbocycles. The predicted octanol–water partition coefficient (Wildman–Crippen LogP) is 2.57. The third-order valence-corrected chi connectivity index (χ3v) is 2.31. The molecular formula is C11H13ClN2O4. The number of halogens is 1. The van der Waals surface area contributed by atoms with Crippen LogP contribution in [-0.4, -0.2) is 17.4 Å². The summed E-state index contributed by atoms with van der Waals surface area (Å²) in [6.07, 6.45) is 0. The minimum atomic E-state index is -0.729. The number of amides is 1. The Bertz CT molecular complexity index is 462. The smallest absolute Gasteiger partial charge is 0.273 e. The third-order valence-electron chi connectivity index (χ3n) is 2.00. The number of carbonyl (C=O) groups is 1. The third kappa shape index (κ3) is 3.68. The molecule has 98 valence electrons. The van der Waals surface area contributed by atoms with Crippen molar-refractivity contribution in [3.05, 3.63) is 38.9 Å². The molecular weight excluding hydrogens is 260 g/mol. The minimum absolute atomic E-state index is 0.00912. The number of nitro benzene ring substituents is 1. The molecule has 1 amide bonds. The van der Waals surface area contributed by atoms with Gasteiger partial charge < -0.3 is 0 Å². The summed E-state index contributed by atoms with van der Waals surface area (Å²) < 4.78 is 0. The maximum absolute atomic E-state index is 11.7. The van der Waals surface area contributed by atoms with Gasteiger partial charge in [0.1, 0.15) is 5.56 Å². The zero-order chi connectivity index (χ0) is 13.7. The van der Waals surface area contributed by atoms with Gasteiger partial charge in [0.25, 0.3) is 11.6 Å². The Labute approximate surface area is 109 Å². The van der Waals surface area contributed by atoms with E-state index in [1.54, 1.807) is 0 Å². The van der Waals surface area contributed by atoms with Crippen LogP contribution in [-0.2, 0) is 4.84 Å². The second-order valence-corrected chi connectivity index (χ2v) is 4.43. The Morgan fingerprint density at radius 1 is 1.56 bits per heavy atom. The first-order chi connectivity index (χ1) is 8.43. The minimum Gasteiger partial charge on any atom is -0.273 e. The number of carbonyl (C=O) groups excluding carboxylic acids is 1. The van der Waals surface area contributed by atoms with E-state index in [0.29, 0.717) is 6.61 Å². The lowest BCUT2D eigenvalue weighted by Gasteiger charge is -2.08. The van der Waals surface area contributed by atoms with Crippen LogP contribution in [0, 0.1) is 16.0 Å². The van der Waals surface area contributed by atoms with Gasteiger partial charge in [-0.05, 0) is 12.0 Å². The summed E-state index contributed by atoms with van der Waals surface area (Å²) >= 11 is 5.79. The number of nitro groups is 1. The molecule has 18 heavy (non-hydrogen) atoms. The van der Waals surface area contributed by atoms with E-state index in [4.69, 9.17) is 16.4 Å². The maximum Gasteiger partial charge on any atom is 0.283 e. The van der Waals surface area contributed by atoms with Crippen molar-refractivity contribution < 1.29 is 14.6 Å². The summed E-state index contributed by atoms with van der Waals surface area (Å²) in [6, 6.07) is 4.03. The monoisotopic (exact) mass is 272 g/mol. The number of hydroxylamine groups is 1. The van der Waals surface area contributed by atoms with Crippen LogP contribution in [0.4, 0.5) is 5.69 Å². The van der Waals surface area contributed by atoms with Crippen molar-refractivity contribution in [3.63, 3.8) is 0 Å². The van der Waals surface area contributed by atoms with Crippen LogP contribution in [0.25, 0.3) is 0 Å².